The maximum Gasteiger partial charge on any atom is 0.409 e. The number of aryl methyl sites for hydroxylation is 2. The summed E-state index contributed by atoms with van der Waals surface area (Å²) in [5.74, 6) is -0.311. The third-order valence-electron chi connectivity index (χ3n) is 9.10. The maximum absolute atomic E-state index is 14.0. The highest BCUT2D eigenvalue weighted by Gasteiger charge is 2.49. The van der Waals surface area contributed by atoms with Gasteiger partial charge in [-0.2, -0.15) is 0 Å². The molecule has 0 aliphatic heterocycles. The van der Waals surface area contributed by atoms with Crippen LogP contribution >= 0.6 is 0 Å². The Labute approximate surface area is 272 Å². The molecule has 2 amide bonds. The molecule has 2 aromatic heterocycles. The number of amides is 2. The number of anilines is 1. The lowest BCUT2D eigenvalue weighted by Crippen LogP contribution is -2.67. The Morgan fingerprint density at radius 3 is 2.22 bits per heavy atom. The molecule has 0 bridgehead atoms. The fourth-order valence-corrected chi connectivity index (χ4v) is 6.97. The molecule has 1 fully saturated rings. The maximum atomic E-state index is 14.0. The fourth-order valence-electron chi connectivity index (χ4n) is 6.97. The molecule has 3 N–H and O–H groups in total. The number of carbonyl (C=O) groups is 2. The minimum atomic E-state index is -0.965. The molecule has 4 rings (SSSR count). The Hall–Kier alpha value is -4.18. The number of rotatable bonds is 9. The molecule has 1 saturated carbocycles. The topological polar surface area (TPSA) is 122 Å². The summed E-state index contributed by atoms with van der Waals surface area (Å²) in [5, 5.41) is 13.6. The van der Waals surface area contributed by atoms with E-state index in [2.05, 4.69) is 25.1 Å². The summed E-state index contributed by atoms with van der Waals surface area (Å²) in [4.78, 5) is 52.8. The predicted octanol–water partition coefficient (Wildman–Crippen LogP) is 6.23. The third kappa shape index (κ3) is 7.28. The summed E-state index contributed by atoms with van der Waals surface area (Å²) in [5.41, 5.74) is 4.95. The zero-order valence-corrected chi connectivity index (χ0v) is 28.9. The van der Waals surface area contributed by atoms with Crippen LogP contribution in [-0.4, -0.2) is 69.2 Å². The summed E-state index contributed by atoms with van der Waals surface area (Å²) in [6.45, 7) is 12.2. The number of nitrogens with zero attached hydrogens (tertiary/aromatic N) is 4. The summed E-state index contributed by atoms with van der Waals surface area (Å²) in [6.07, 6.45) is 5.05. The largest absolute Gasteiger partial charge is 0.465 e. The molecule has 3 aromatic rings. The number of carbonyl (C=O) groups excluding carboxylic acids is 1. The number of hydrogen-bond acceptors (Lipinski definition) is 6. The predicted molar refractivity (Wildman–Crippen MR) is 183 cm³/mol. The number of hydrogen-bond donors (Lipinski definition) is 3. The van der Waals surface area contributed by atoms with Gasteiger partial charge in [-0.15, -0.1) is 0 Å². The molecule has 1 aromatic carbocycles. The van der Waals surface area contributed by atoms with Crippen molar-refractivity contribution < 1.29 is 14.7 Å². The van der Waals surface area contributed by atoms with Gasteiger partial charge < -0.3 is 25.2 Å². The first-order valence-electron chi connectivity index (χ1n) is 16.0. The number of benzene rings is 1. The molecule has 0 saturated heterocycles. The Kier molecular flexibility index (Phi) is 10.3. The number of H-pyrrole nitrogens is 1. The fraction of sp³-hybridized carbons (Fsp3) is 0.500. The summed E-state index contributed by atoms with van der Waals surface area (Å²) < 4.78 is 0. The summed E-state index contributed by atoms with van der Waals surface area (Å²) in [7, 11) is 5.94. The molecule has 10 nitrogen and oxygen atoms in total. The monoisotopic (exact) mass is 630 g/mol. The second kappa shape index (κ2) is 13.7. The number of aromatic amines is 1. The molecule has 10 heteroatoms. The van der Waals surface area contributed by atoms with Crippen molar-refractivity contribution in [3.05, 3.63) is 80.5 Å². The van der Waals surface area contributed by atoms with Crippen LogP contribution in [0.25, 0.3) is 11.1 Å². The molecule has 46 heavy (non-hydrogen) atoms. The Bertz CT molecular complexity index is 1630. The Morgan fingerprint density at radius 1 is 1.00 bits per heavy atom. The minimum Gasteiger partial charge on any atom is -0.465 e. The van der Waals surface area contributed by atoms with Gasteiger partial charge in [0.2, 0.25) is 0 Å². The van der Waals surface area contributed by atoms with Gasteiger partial charge >= 0.3 is 6.09 Å². The smallest absolute Gasteiger partial charge is 0.409 e. The zero-order valence-electron chi connectivity index (χ0n) is 28.9. The molecule has 0 radical (unpaired) electrons. The average Bonchev–Trinajstić information content (AvgIpc) is 2.96. The van der Waals surface area contributed by atoms with Gasteiger partial charge in [-0.25, -0.2) is 4.79 Å². The van der Waals surface area contributed by atoms with Gasteiger partial charge in [-0.3, -0.25) is 19.5 Å². The van der Waals surface area contributed by atoms with Crippen molar-refractivity contribution in [1.29, 1.82) is 0 Å². The van der Waals surface area contributed by atoms with Gasteiger partial charge in [0, 0.05) is 59.9 Å². The second-order valence-electron chi connectivity index (χ2n) is 14.0. The van der Waals surface area contributed by atoms with Crippen molar-refractivity contribution in [2.24, 2.45) is 0 Å². The second-order valence-corrected chi connectivity index (χ2v) is 14.0. The highest BCUT2D eigenvalue weighted by molar-refractivity contribution is 5.99. The van der Waals surface area contributed by atoms with Gasteiger partial charge in [-0.1, -0.05) is 12.5 Å². The first kappa shape index (κ1) is 34.7. The SMILES string of the molecule is Cc1cc(C)c(CNC(=O)c2cc(-c3ccc(CN(C)C)nc3)cc(N(C)C3(N(C(=O)O)C(C)(C)C)CCCCC3)c2C)c(=O)[nH]1. The van der Waals surface area contributed by atoms with Gasteiger partial charge in [0.25, 0.3) is 11.5 Å². The molecule has 1 aliphatic carbocycles. The van der Waals surface area contributed by atoms with E-state index in [9.17, 15) is 19.5 Å². The van der Waals surface area contributed by atoms with E-state index in [0.717, 1.165) is 58.6 Å². The van der Waals surface area contributed by atoms with Crippen molar-refractivity contribution >= 4 is 17.7 Å². The molecule has 0 atom stereocenters. The van der Waals surface area contributed by atoms with E-state index >= 15 is 0 Å². The molecular formula is C36H50N6O4. The molecule has 248 valence electrons. The third-order valence-corrected chi connectivity index (χ3v) is 9.10. The highest BCUT2D eigenvalue weighted by Crippen LogP contribution is 2.44. The van der Waals surface area contributed by atoms with E-state index < -0.39 is 17.3 Å². The number of nitrogens with one attached hydrogen (secondary N) is 2. The number of pyridine rings is 2. The van der Waals surface area contributed by atoms with Crippen LogP contribution in [0.15, 0.2) is 41.3 Å². The summed E-state index contributed by atoms with van der Waals surface area (Å²) in [6, 6.07) is 9.79. The molecule has 0 spiro atoms. The molecule has 1 aliphatic rings. The first-order chi connectivity index (χ1) is 21.5. The van der Waals surface area contributed by atoms with E-state index in [1.54, 1.807) is 4.90 Å². The van der Waals surface area contributed by atoms with Gasteiger partial charge in [0.1, 0.15) is 5.66 Å². The van der Waals surface area contributed by atoms with Crippen molar-refractivity contribution in [3.8, 4) is 11.1 Å². The van der Waals surface area contributed by atoms with Crippen LogP contribution in [0, 0.1) is 20.8 Å². The first-order valence-corrected chi connectivity index (χ1v) is 16.0. The van der Waals surface area contributed by atoms with Crippen LogP contribution < -0.4 is 15.8 Å². The molecule has 2 heterocycles. The number of carboxylic acid groups (broad SMARTS) is 1. The Morgan fingerprint density at radius 2 is 1.67 bits per heavy atom. The van der Waals surface area contributed by atoms with Crippen LogP contribution in [-0.2, 0) is 13.1 Å². The summed E-state index contributed by atoms with van der Waals surface area (Å²) >= 11 is 0. The van der Waals surface area contributed by atoms with Gasteiger partial charge in [0.15, 0.2) is 0 Å². The van der Waals surface area contributed by atoms with Crippen LogP contribution in [0.4, 0.5) is 10.5 Å². The van der Waals surface area contributed by atoms with Crippen LogP contribution in [0.3, 0.4) is 0 Å². The molecule has 0 unspecified atom stereocenters. The van der Waals surface area contributed by atoms with Crippen molar-refractivity contribution in [3.63, 3.8) is 0 Å². The van der Waals surface area contributed by atoms with E-state index in [4.69, 9.17) is 0 Å². The lowest BCUT2D eigenvalue weighted by molar-refractivity contribution is -0.00481. The van der Waals surface area contributed by atoms with E-state index in [-0.39, 0.29) is 18.0 Å². The normalized spacial score (nSPS) is 14.7. The van der Waals surface area contributed by atoms with E-state index in [1.165, 1.54) is 0 Å². The minimum absolute atomic E-state index is 0.0800. The average molecular weight is 631 g/mol. The van der Waals surface area contributed by atoms with Crippen molar-refractivity contribution in [2.45, 2.75) is 97.9 Å². The van der Waals surface area contributed by atoms with Crippen LogP contribution in [0.1, 0.15) is 91.3 Å². The molecular weight excluding hydrogens is 580 g/mol. The van der Waals surface area contributed by atoms with Crippen molar-refractivity contribution in [2.75, 3.05) is 26.0 Å². The zero-order chi connectivity index (χ0) is 34.0. The van der Waals surface area contributed by atoms with Gasteiger partial charge in [0.05, 0.1) is 5.69 Å². The lowest BCUT2D eigenvalue weighted by Gasteiger charge is -2.56. The van der Waals surface area contributed by atoms with E-state index in [1.807, 2.05) is 99.2 Å². The Balaban J connectivity index is 1.85. The van der Waals surface area contributed by atoms with Crippen LogP contribution in [0.5, 0.6) is 0 Å². The van der Waals surface area contributed by atoms with E-state index in [0.29, 0.717) is 30.5 Å². The van der Waals surface area contributed by atoms with Crippen molar-refractivity contribution in [1.82, 2.24) is 25.1 Å². The quantitative estimate of drug-likeness (QED) is 0.240. The van der Waals surface area contributed by atoms with Crippen LogP contribution in [0.2, 0.25) is 0 Å². The number of aromatic nitrogens is 2. The highest BCUT2D eigenvalue weighted by atomic mass is 16.4. The van der Waals surface area contributed by atoms with Gasteiger partial charge in [-0.05, 0) is 122 Å². The lowest BCUT2D eigenvalue weighted by atomic mass is 9.82. The standard InChI is InChI=1S/C36H50N6O4/c1-23-17-24(2)39-33(44)30(23)21-38-32(43)29-18-27(26-13-14-28(37-20-26)22-40(7)8)19-31(25(29)3)41(9)36(15-11-10-12-16-36)42(34(45)46)35(4,5)6/h13-14,17-20H,10-12,15-16,21-22H2,1-9H3,(H,38,43)(H,39,44)(H,45,46).